The van der Waals surface area contributed by atoms with Crippen molar-refractivity contribution in [2.45, 2.75) is 40.2 Å². The summed E-state index contributed by atoms with van der Waals surface area (Å²) in [5, 5.41) is 12.4. The van der Waals surface area contributed by atoms with Gasteiger partial charge in [-0.2, -0.15) is 0 Å². The molecular weight excluding hydrogens is 575 g/mol. The topological polar surface area (TPSA) is 81.8 Å². The minimum absolute atomic E-state index is 0.503. The van der Waals surface area contributed by atoms with Gasteiger partial charge in [0.25, 0.3) is 0 Å². The first-order valence-electron chi connectivity index (χ1n) is 10.3. The average molecular weight is 600 g/mol. The summed E-state index contributed by atoms with van der Waals surface area (Å²) in [5.41, 5.74) is 3.91. The van der Waals surface area contributed by atoms with Crippen LogP contribution in [0.4, 0.5) is 23.1 Å². The van der Waals surface area contributed by atoms with E-state index in [1.54, 1.807) is 6.33 Å². The number of nitrogens with one attached hydrogen (secondary N) is 3. The van der Waals surface area contributed by atoms with Gasteiger partial charge in [-0.3, -0.25) is 0 Å². The van der Waals surface area contributed by atoms with Crippen LogP contribution in [0.3, 0.4) is 0 Å². The van der Waals surface area contributed by atoms with Crippen molar-refractivity contribution in [3.05, 3.63) is 30.6 Å². The summed E-state index contributed by atoms with van der Waals surface area (Å²) < 4.78 is 0. The zero-order chi connectivity index (χ0) is 20.2. The third-order valence-electron chi connectivity index (χ3n) is 5.25. The van der Waals surface area contributed by atoms with E-state index in [0.29, 0.717) is 17.6 Å². The van der Waals surface area contributed by atoms with Crippen LogP contribution < -0.4 is 15.5 Å². The Labute approximate surface area is 194 Å². The number of imidazole rings is 1. The Bertz CT molecular complexity index is 964. The van der Waals surface area contributed by atoms with Gasteiger partial charge in [0, 0.05) is 0 Å². The maximum absolute atomic E-state index is 4.78. The molecule has 0 saturated carbocycles. The first-order chi connectivity index (χ1) is 14.8. The molecule has 2 fully saturated rings. The Balaban J connectivity index is 1.33. The van der Waals surface area contributed by atoms with Crippen LogP contribution in [-0.4, -0.2) is 80.3 Å². The number of hydrogen-bond donors (Lipinski definition) is 3. The predicted molar refractivity (Wildman–Crippen MR) is 127 cm³/mol. The van der Waals surface area contributed by atoms with Crippen LogP contribution in [0.1, 0.15) is 12.8 Å². The number of hydrogen-bond acceptors (Lipinski definition) is 6. The molecule has 30 heavy (non-hydrogen) atoms. The molecule has 0 bridgehead atoms. The SMILES string of the molecule is c1nc2nc(Nc3ccc(N4CC[Se][Se]CC4)cc3)nc(N[C@H]3CCC[Se]C3)c2[nH]1. The van der Waals surface area contributed by atoms with Gasteiger partial charge in [-0.15, -0.1) is 0 Å². The zero-order valence-electron chi connectivity index (χ0n) is 16.6. The van der Waals surface area contributed by atoms with Crippen molar-refractivity contribution in [2.24, 2.45) is 0 Å². The van der Waals surface area contributed by atoms with E-state index in [1.165, 1.54) is 52.9 Å². The number of nitrogens with zero attached hydrogens (tertiary/aromatic N) is 4. The summed E-state index contributed by atoms with van der Waals surface area (Å²) >= 11 is 2.51. The van der Waals surface area contributed by atoms with Crippen molar-refractivity contribution >= 4 is 75.5 Å². The molecule has 10 heteroatoms. The second-order valence-electron chi connectivity index (χ2n) is 7.36. The third kappa shape index (κ3) is 4.96. The molecule has 2 aliphatic heterocycles. The molecule has 1 atom stereocenters. The van der Waals surface area contributed by atoms with Gasteiger partial charge in [0.2, 0.25) is 0 Å². The summed E-state index contributed by atoms with van der Waals surface area (Å²) in [6, 6.07) is 9.19. The Hall–Kier alpha value is -1.27. The molecule has 0 amide bonds. The van der Waals surface area contributed by atoms with Crippen LogP contribution in [0.2, 0.25) is 21.3 Å². The first kappa shape index (κ1) is 20.6. The Morgan fingerprint density at radius 3 is 2.63 bits per heavy atom. The van der Waals surface area contributed by atoms with Crippen LogP contribution in [-0.2, 0) is 0 Å². The number of aromatic amines is 1. The van der Waals surface area contributed by atoms with Gasteiger partial charge >= 0.3 is 195 Å². The Morgan fingerprint density at radius 1 is 1.03 bits per heavy atom. The van der Waals surface area contributed by atoms with E-state index in [2.05, 4.69) is 54.8 Å². The molecule has 158 valence electrons. The summed E-state index contributed by atoms with van der Waals surface area (Å²) in [6.45, 7) is 2.40. The molecule has 5 rings (SSSR count). The molecule has 2 aromatic heterocycles. The van der Waals surface area contributed by atoms with Gasteiger partial charge in [0.05, 0.1) is 0 Å². The number of anilines is 4. The normalized spacial score (nSPS) is 20.1. The van der Waals surface area contributed by atoms with Gasteiger partial charge < -0.3 is 0 Å². The van der Waals surface area contributed by atoms with Gasteiger partial charge in [-0.05, 0) is 0 Å². The minimum atomic E-state index is 0.503. The van der Waals surface area contributed by atoms with E-state index in [1.807, 2.05) is 0 Å². The quantitative estimate of drug-likeness (QED) is 0.391. The molecule has 3 aromatic rings. The summed E-state index contributed by atoms with van der Waals surface area (Å²) in [5.74, 6) is 1.44. The van der Waals surface area contributed by atoms with Crippen molar-refractivity contribution in [1.29, 1.82) is 0 Å². The van der Waals surface area contributed by atoms with Crippen molar-refractivity contribution in [3.63, 3.8) is 0 Å². The Kier molecular flexibility index (Phi) is 6.81. The van der Waals surface area contributed by atoms with E-state index in [-0.39, 0.29) is 0 Å². The van der Waals surface area contributed by atoms with E-state index < -0.39 is 0 Å². The van der Waals surface area contributed by atoms with E-state index in [0.717, 1.165) is 58.2 Å². The van der Waals surface area contributed by atoms with E-state index in [9.17, 15) is 0 Å². The van der Waals surface area contributed by atoms with E-state index >= 15 is 0 Å². The fraction of sp³-hybridized carbons (Fsp3) is 0.450. The molecule has 3 N–H and O–H groups in total. The van der Waals surface area contributed by atoms with Crippen molar-refractivity contribution < 1.29 is 0 Å². The Morgan fingerprint density at radius 2 is 1.87 bits per heavy atom. The maximum atomic E-state index is 4.78. The van der Waals surface area contributed by atoms with Crippen molar-refractivity contribution in [2.75, 3.05) is 28.6 Å². The zero-order valence-corrected chi connectivity index (χ0v) is 21.8. The average Bonchev–Trinajstić information content (AvgIpc) is 3.08. The number of benzene rings is 1. The van der Waals surface area contributed by atoms with Gasteiger partial charge in [0.1, 0.15) is 0 Å². The monoisotopic (exact) mass is 603 g/mol. The first-order valence-corrected chi connectivity index (χ1v) is 19.4. The molecule has 0 radical (unpaired) electrons. The predicted octanol–water partition coefficient (Wildman–Crippen LogP) is 3.19. The van der Waals surface area contributed by atoms with Crippen molar-refractivity contribution in [3.8, 4) is 0 Å². The van der Waals surface area contributed by atoms with Crippen LogP contribution in [0.15, 0.2) is 30.6 Å². The second kappa shape index (κ2) is 9.90. The summed E-state index contributed by atoms with van der Waals surface area (Å²) in [6.07, 6.45) is 4.22. The molecular formula is C20H25N7Se3. The molecule has 0 aliphatic carbocycles. The molecule has 4 heterocycles. The van der Waals surface area contributed by atoms with Crippen LogP contribution in [0.25, 0.3) is 11.2 Å². The molecule has 0 spiro atoms. The summed E-state index contributed by atoms with van der Waals surface area (Å²) in [4.78, 5) is 19.5. The van der Waals surface area contributed by atoms with Crippen LogP contribution in [0.5, 0.6) is 0 Å². The summed E-state index contributed by atoms with van der Waals surface area (Å²) in [7, 11) is 0. The third-order valence-corrected chi connectivity index (χ3v) is 15.1. The molecule has 2 aliphatic rings. The van der Waals surface area contributed by atoms with Crippen molar-refractivity contribution in [1.82, 2.24) is 19.9 Å². The molecule has 7 nitrogen and oxygen atoms in total. The van der Waals surface area contributed by atoms with Crippen LogP contribution in [0, 0.1) is 0 Å². The number of H-pyrrole nitrogens is 1. The molecule has 0 unspecified atom stereocenters. The van der Waals surface area contributed by atoms with Crippen LogP contribution >= 0.6 is 0 Å². The molecule has 1 aromatic carbocycles. The second-order valence-corrected chi connectivity index (χ2v) is 17.6. The fourth-order valence-electron chi connectivity index (χ4n) is 3.71. The number of aromatic nitrogens is 4. The number of fused-ring (bicyclic) bond motifs is 1. The van der Waals surface area contributed by atoms with Gasteiger partial charge in [-0.25, -0.2) is 0 Å². The molecule has 2 saturated heterocycles. The van der Waals surface area contributed by atoms with E-state index in [4.69, 9.17) is 4.98 Å². The van der Waals surface area contributed by atoms with Gasteiger partial charge in [-0.1, -0.05) is 0 Å². The number of rotatable bonds is 5. The standard InChI is InChI=1S/C20H25N7Se3/c1-2-15(12-28-9-1)23-19-17-18(22-13-21-17)25-20(26-19)24-14-3-5-16(6-4-14)27-7-10-29-30-11-8-27/h3-6,13,15H,1-2,7-12H2,(H3,21,22,23,24,25,26)/t15-/m0/s1. The fourth-order valence-corrected chi connectivity index (χ4v) is 11.9. The van der Waals surface area contributed by atoms with Gasteiger partial charge in [0.15, 0.2) is 0 Å².